The fraction of sp³-hybridized carbons (Fsp3) is 0.417. The first-order valence-electron chi connectivity index (χ1n) is 6.39. The monoisotopic (exact) mass is 311 g/mol. The van der Waals surface area contributed by atoms with Crippen molar-refractivity contribution in [2.45, 2.75) is 17.4 Å². The van der Waals surface area contributed by atoms with E-state index in [-0.39, 0.29) is 24.6 Å². The van der Waals surface area contributed by atoms with E-state index < -0.39 is 28.1 Å². The first kappa shape index (κ1) is 14.0. The largest absolute Gasteiger partial charge is 0.439 e. The molecule has 2 aliphatic heterocycles. The molecule has 3 heterocycles. The number of rotatable bonds is 3. The highest BCUT2D eigenvalue weighted by Gasteiger charge is 2.43. The second-order valence-corrected chi connectivity index (χ2v) is 6.75. The van der Waals surface area contributed by atoms with Gasteiger partial charge in [0.25, 0.3) is 5.91 Å². The van der Waals surface area contributed by atoms with Crippen LogP contribution in [0.2, 0.25) is 0 Å². The fourth-order valence-corrected chi connectivity index (χ4v) is 3.96. The van der Waals surface area contributed by atoms with Crippen LogP contribution >= 0.6 is 0 Å². The van der Waals surface area contributed by atoms with Crippen LogP contribution in [0.3, 0.4) is 0 Å². The zero-order valence-corrected chi connectivity index (χ0v) is 11.8. The van der Waals surface area contributed by atoms with Crippen LogP contribution in [-0.2, 0) is 19.6 Å². The van der Waals surface area contributed by atoms with Crippen LogP contribution in [0, 0.1) is 0 Å². The van der Waals surface area contributed by atoms with Gasteiger partial charge >= 0.3 is 6.09 Å². The number of ether oxygens (including phenoxy) is 1. The number of carbonyl (C=O) groups is 2. The molecular formula is C12H13N3O5S. The molecule has 9 heteroatoms. The summed E-state index contributed by atoms with van der Waals surface area (Å²) in [6.45, 7) is 0.0573. The Morgan fingerprint density at radius 1 is 1.33 bits per heavy atom. The van der Waals surface area contributed by atoms with Crippen LogP contribution in [0.15, 0.2) is 29.4 Å². The third-order valence-corrected chi connectivity index (χ3v) is 5.40. The fourth-order valence-electron chi connectivity index (χ4n) is 2.51. The minimum atomic E-state index is -3.66. The molecule has 21 heavy (non-hydrogen) atoms. The molecule has 2 aliphatic rings. The predicted molar refractivity (Wildman–Crippen MR) is 69.6 cm³/mol. The Balaban J connectivity index is 1.78. The second kappa shape index (κ2) is 5.08. The number of carbonyl (C=O) groups excluding carboxylic acids is 2. The molecular weight excluding hydrogens is 298 g/mol. The second-order valence-electron chi connectivity index (χ2n) is 4.81. The van der Waals surface area contributed by atoms with Gasteiger partial charge in [-0.1, -0.05) is 0 Å². The molecule has 0 saturated carbocycles. The summed E-state index contributed by atoms with van der Waals surface area (Å²) >= 11 is 0. The van der Waals surface area contributed by atoms with Gasteiger partial charge < -0.3 is 4.74 Å². The molecule has 2 fully saturated rings. The molecule has 2 amide bonds. The first-order chi connectivity index (χ1) is 10.00. The van der Waals surface area contributed by atoms with E-state index in [0.717, 1.165) is 4.90 Å². The molecule has 1 aromatic heterocycles. The topological polar surface area (TPSA) is 96.9 Å². The van der Waals surface area contributed by atoms with E-state index in [4.69, 9.17) is 0 Å². The summed E-state index contributed by atoms with van der Waals surface area (Å²) < 4.78 is 30.8. The molecule has 0 aliphatic carbocycles. The van der Waals surface area contributed by atoms with Crippen LogP contribution in [0.4, 0.5) is 4.79 Å². The molecule has 0 bridgehead atoms. The Morgan fingerprint density at radius 2 is 2.14 bits per heavy atom. The average molecular weight is 311 g/mol. The summed E-state index contributed by atoms with van der Waals surface area (Å²) in [6, 6.07) is 2.53. The standard InChI is InChI=1S/C12H13N3O5S/c16-11-8-20-12(17)15(11)9-3-5-14(7-9)21(18,19)10-2-1-4-13-6-10/h1-2,4,6,9H,3,5,7-8H2. The third kappa shape index (κ3) is 2.38. The summed E-state index contributed by atoms with van der Waals surface area (Å²) in [7, 11) is -3.66. The van der Waals surface area contributed by atoms with Crippen molar-refractivity contribution < 1.29 is 22.7 Å². The van der Waals surface area contributed by atoms with E-state index in [1.165, 1.54) is 22.8 Å². The summed E-state index contributed by atoms with van der Waals surface area (Å²) in [5.74, 6) is -0.425. The van der Waals surface area contributed by atoms with Crippen molar-refractivity contribution in [1.82, 2.24) is 14.2 Å². The highest BCUT2D eigenvalue weighted by molar-refractivity contribution is 7.89. The zero-order valence-electron chi connectivity index (χ0n) is 11.0. The lowest BCUT2D eigenvalue weighted by atomic mass is 10.2. The van der Waals surface area contributed by atoms with Crippen molar-refractivity contribution in [3.8, 4) is 0 Å². The van der Waals surface area contributed by atoms with Gasteiger partial charge in [-0.15, -0.1) is 0 Å². The number of hydrogen-bond donors (Lipinski definition) is 0. The molecule has 8 nitrogen and oxygen atoms in total. The number of cyclic esters (lactones) is 1. The Bertz CT molecular complexity index is 659. The Kier molecular flexibility index (Phi) is 3.38. The van der Waals surface area contributed by atoms with E-state index in [9.17, 15) is 18.0 Å². The number of nitrogens with zero attached hydrogens (tertiary/aromatic N) is 3. The van der Waals surface area contributed by atoms with Crippen LogP contribution in [0.5, 0.6) is 0 Å². The number of sulfonamides is 1. The predicted octanol–water partition coefficient (Wildman–Crippen LogP) is -0.177. The maximum Gasteiger partial charge on any atom is 0.417 e. The number of hydrogen-bond acceptors (Lipinski definition) is 6. The van der Waals surface area contributed by atoms with Gasteiger partial charge in [0.2, 0.25) is 10.0 Å². The lowest BCUT2D eigenvalue weighted by Gasteiger charge is -2.20. The van der Waals surface area contributed by atoms with Gasteiger partial charge in [0.05, 0.1) is 6.04 Å². The lowest BCUT2D eigenvalue weighted by molar-refractivity contribution is -0.127. The Labute approximate surface area is 121 Å². The van der Waals surface area contributed by atoms with E-state index in [1.807, 2.05) is 0 Å². The minimum absolute atomic E-state index is 0.0814. The van der Waals surface area contributed by atoms with Crippen molar-refractivity contribution in [3.05, 3.63) is 24.5 Å². The zero-order chi connectivity index (χ0) is 15.0. The van der Waals surface area contributed by atoms with Gasteiger partial charge in [-0.25, -0.2) is 18.1 Å². The smallest absolute Gasteiger partial charge is 0.417 e. The van der Waals surface area contributed by atoms with Gasteiger partial charge in [-0.05, 0) is 18.6 Å². The van der Waals surface area contributed by atoms with Gasteiger partial charge in [0.1, 0.15) is 4.90 Å². The molecule has 3 rings (SSSR count). The normalized spacial score (nSPS) is 23.6. The summed E-state index contributed by atoms with van der Waals surface area (Å²) in [5, 5.41) is 0. The number of pyridine rings is 1. The van der Waals surface area contributed by atoms with E-state index in [1.54, 1.807) is 6.07 Å². The first-order valence-corrected chi connectivity index (χ1v) is 7.83. The van der Waals surface area contributed by atoms with Crippen molar-refractivity contribution >= 4 is 22.0 Å². The molecule has 112 valence electrons. The van der Waals surface area contributed by atoms with Crippen LogP contribution < -0.4 is 0 Å². The van der Waals surface area contributed by atoms with E-state index >= 15 is 0 Å². The Hall–Kier alpha value is -2.00. The molecule has 0 aromatic carbocycles. The maximum absolute atomic E-state index is 12.4. The van der Waals surface area contributed by atoms with Crippen LogP contribution in [0.1, 0.15) is 6.42 Å². The quantitative estimate of drug-likeness (QED) is 0.768. The SMILES string of the molecule is O=C1COC(=O)N1C1CCN(S(=O)(=O)c2cccnc2)C1. The van der Waals surface area contributed by atoms with Crippen molar-refractivity contribution in [3.63, 3.8) is 0 Å². The summed E-state index contributed by atoms with van der Waals surface area (Å²) in [6.07, 6.45) is 2.47. The number of imide groups is 1. The third-order valence-electron chi connectivity index (χ3n) is 3.55. The van der Waals surface area contributed by atoms with Crippen molar-refractivity contribution in [1.29, 1.82) is 0 Å². The minimum Gasteiger partial charge on any atom is -0.439 e. The highest BCUT2D eigenvalue weighted by Crippen LogP contribution is 2.25. The molecule has 0 N–H and O–H groups in total. The molecule has 0 spiro atoms. The molecule has 2 saturated heterocycles. The lowest BCUT2D eigenvalue weighted by Crippen LogP contribution is -2.42. The molecule has 1 atom stereocenters. The molecule has 1 unspecified atom stereocenters. The summed E-state index contributed by atoms with van der Waals surface area (Å²) in [5.41, 5.74) is 0. The Morgan fingerprint density at radius 3 is 2.76 bits per heavy atom. The molecule has 1 aromatic rings. The molecule has 0 radical (unpaired) electrons. The maximum atomic E-state index is 12.4. The van der Waals surface area contributed by atoms with Crippen molar-refractivity contribution in [2.24, 2.45) is 0 Å². The van der Waals surface area contributed by atoms with Gasteiger partial charge in [-0.3, -0.25) is 9.78 Å². The number of amides is 2. The van der Waals surface area contributed by atoms with Crippen molar-refractivity contribution in [2.75, 3.05) is 19.7 Å². The highest BCUT2D eigenvalue weighted by atomic mass is 32.2. The number of aromatic nitrogens is 1. The van der Waals surface area contributed by atoms with E-state index in [0.29, 0.717) is 6.42 Å². The van der Waals surface area contributed by atoms with Gasteiger partial charge in [0, 0.05) is 25.5 Å². The summed E-state index contributed by atoms with van der Waals surface area (Å²) in [4.78, 5) is 28.0. The average Bonchev–Trinajstić information content (AvgIpc) is 3.07. The van der Waals surface area contributed by atoms with Gasteiger partial charge in [0.15, 0.2) is 6.61 Å². The van der Waals surface area contributed by atoms with Crippen LogP contribution in [0.25, 0.3) is 0 Å². The van der Waals surface area contributed by atoms with Crippen LogP contribution in [-0.4, -0.2) is 60.3 Å². The van der Waals surface area contributed by atoms with E-state index in [2.05, 4.69) is 9.72 Å². The van der Waals surface area contributed by atoms with Gasteiger partial charge in [-0.2, -0.15) is 4.31 Å².